The van der Waals surface area contributed by atoms with Gasteiger partial charge in [0.15, 0.2) is 0 Å². The minimum absolute atomic E-state index is 0.114. The van der Waals surface area contributed by atoms with Crippen molar-refractivity contribution in [3.05, 3.63) is 0 Å². The molecule has 1 fully saturated rings. The van der Waals surface area contributed by atoms with Crippen LogP contribution in [0.15, 0.2) is 0 Å². The molecule has 1 aliphatic rings. The topological polar surface area (TPSA) is 87.1 Å². The summed E-state index contributed by atoms with van der Waals surface area (Å²) in [6.45, 7) is 0.122. The number of carboxylic acids is 1. The van der Waals surface area contributed by atoms with Crippen molar-refractivity contribution in [3.63, 3.8) is 0 Å². The lowest BCUT2D eigenvalue weighted by Crippen LogP contribution is -2.40. The van der Waals surface area contributed by atoms with E-state index in [2.05, 4.69) is 4.74 Å². The summed E-state index contributed by atoms with van der Waals surface area (Å²) in [5.41, 5.74) is 0. The van der Waals surface area contributed by atoms with Gasteiger partial charge in [-0.3, -0.25) is 4.90 Å². The molecular weight excluding hydrogens is 190 g/mol. The maximum atomic E-state index is 11.1. The minimum atomic E-state index is -1.06. The number of hydrogen-bond donors (Lipinski definition) is 2. The fourth-order valence-electron chi connectivity index (χ4n) is 1.61. The van der Waals surface area contributed by atoms with Crippen LogP contribution in [-0.4, -0.2) is 53.5 Å². The van der Waals surface area contributed by atoms with Crippen LogP contribution in [0.1, 0.15) is 6.42 Å². The highest BCUT2D eigenvalue weighted by atomic mass is 16.5. The SMILES string of the molecule is COC(=O)N1CC(CO)CC1C(=O)O. The average Bonchev–Trinajstić information content (AvgIpc) is 2.60. The summed E-state index contributed by atoms with van der Waals surface area (Å²) in [5.74, 6) is -1.23. The molecule has 1 aliphatic heterocycles. The number of aliphatic hydroxyl groups is 1. The molecule has 1 heterocycles. The number of amides is 1. The molecule has 0 radical (unpaired) electrons. The van der Waals surface area contributed by atoms with Crippen molar-refractivity contribution in [2.75, 3.05) is 20.3 Å². The van der Waals surface area contributed by atoms with Crippen LogP contribution in [0, 0.1) is 5.92 Å². The monoisotopic (exact) mass is 203 g/mol. The molecule has 0 aromatic carbocycles. The Balaban J connectivity index is 2.71. The van der Waals surface area contributed by atoms with Gasteiger partial charge in [-0.05, 0) is 6.42 Å². The number of aliphatic carboxylic acids is 1. The van der Waals surface area contributed by atoms with E-state index in [-0.39, 0.29) is 25.5 Å². The van der Waals surface area contributed by atoms with E-state index >= 15 is 0 Å². The van der Waals surface area contributed by atoms with E-state index in [0.717, 1.165) is 4.90 Å². The van der Waals surface area contributed by atoms with Gasteiger partial charge in [-0.15, -0.1) is 0 Å². The van der Waals surface area contributed by atoms with Gasteiger partial charge in [-0.2, -0.15) is 0 Å². The van der Waals surface area contributed by atoms with Gasteiger partial charge in [0.25, 0.3) is 0 Å². The molecule has 6 heteroatoms. The molecule has 2 N–H and O–H groups in total. The molecule has 1 saturated heterocycles. The van der Waals surface area contributed by atoms with Crippen LogP contribution in [0.5, 0.6) is 0 Å². The van der Waals surface area contributed by atoms with Crippen molar-refractivity contribution in [1.82, 2.24) is 4.90 Å². The van der Waals surface area contributed by atoms with Crippen molar-refractivity contribution >= 4 is 12.1 Å². The van der Waals surface area contributed by atoms with Gasteiger partial charge in [0, 0.05) is 19.1 Å². The highest BCUT2D eigenvalue weighted by Crippen LogP contribution is 2.23. The molecule has 0 spiro atoms. The van der Waals surface area contributed by atoms with Crippen LogP contribution in [0.2, 0.25) is 0 Å². The molecule has 2 unspecified atom stereocenters. The molecule has 1 amide bonds. The van der Waals surface area contributed by atoms with E-state index in [1.54, 1.807) is 0 Å². The van der Waals surface area contributed by atoms with E-state index in [1.165, 1.54) is 7.11 Å². The van der Waals surface area contributed by atoms with Gasteiger partial charge in [0.05, 0.1) is 7.11 Å². The lowest BCUT2D eigenvalue weighted by Gasteiger charge is -2.19. The Bertz CT molecular complexity index is 242. The number of carbonyl (C=O) groups excluding carboxylic acids is 1. The lowest BCUT2D eigenvalue weighted by atomic mass is 10.1. The Morgan fingerprint density at radius 2 is 2.21 bits per heavy atom. The number of hydrogen-bond acceptors (Lipinski definition) is 4. The number of nitrogens with zero attached hydrogens (tertiary/aromatic N) is 1. The summed E-state index contributed by atoms with van der Waals surface area (Å²) in [4.78, 5) is 23.0. The number of carboxylic acid groups (broad SMARTS) is 1. The number of carbonyl (C=O) groups is 2. The van der Waals surface area contributed by atoms with Gasteiger partial charge in [0.2, 0.25) is 0 Å². The van der Waals surface area contributed by atoms with Crippen molar-refractivity contribution < 1.29 is 24.5 Å². The second-order valence-electron chi connectivity index (χ2n) is 3.26. The fourth-order valence-corrected chi connectivity index (χ4v) is 1.61. The van der Waals surface area contributed by atoms with E-state index in [4.69, 9.17) is 10.2 Å². The molecule has 0 aliphatic carbocycles. The molecule has 80 valence electrons. The molecule has 2 atom stereocenters. The molecule has 6 nitrogen and oxygen atoms in total. The van der Waals surface area contributed by atoms with Crippen molar-refractivity contribution in [2.24, 2.45) is 5.92 Å². The lowest BCUT2D eigenvalue weighted by molar-refractivity contribution is -0.141. The average molecular weight is 203 g/mol. The van der Waals surface area contributed by atoms with Gasteiger partial charge < -0.3 is 14.9 Å². The Kier molecular flexibility index (Phi) is 3.29. The van der Waals surface area contributed by atoms with Crippen molar-refractivity contribution in [2.45, 2.75) is 12.5 Å². The molecule has 0 bridgehead atoms. The Morgan fingerprint density at radius 3 is 2.64 bits per heavy atom. The third-order valence-corrected chi connectivity index (χ3v) is 2.34. The summed E-state index contributed by atoms with van der Waals surface area (Å²) < 4.78 is 4.45. The first-order valence-electron chi connectivity index (χ1n) is 4.28. The second kappa shape index (κ2) is 4.28. The summed E-state index contributed by atoms with van der Waals surface area (Å²) >= 11 is 0. The summed E-state index contributed by atoms with van der Waals surface area (Å²) in [6, 6.07) is -0.875. The zero-order chi connectivity index (χ0) is 10.7. The van der Waals surface area contributed by atoms with Gasteiger partial charge in [0.1, 0.15) is 6.04 Å². The fraction of sp³-hybridized carbons (Fsp3) is 0.750. The zero-order valence-electron chi connectivity index (χ0n) is 7.84. The van der Waals surface area contributed by atoms with E-state index < -0.39 is 18.1 Å². The summed E-state index contributed by atoms with van der Waals surface area (Å²) in [5, 5.41) is 17.7. The standard InChI is InChI=1S/C8H13NO5/c1-14-8(13)9-3-5(4-10)2-6(9)7(11)12/h5-6,10H,2-4H2,1H3,(H,11,12). The molecular formula is C8H13NO5. The third-order valence-electron chi connectivity index (χ3n) is 2.34. The van der Waals surface area contributed by atoms with Crippen LogP contribution in [0.4, 0.5) is 4.79 Å². The molecule has 0 aromatic rings. The van der Waals surface area contributed by atoms with Crippen LogP contribution in [0.25, 0.3) is 0 Å². The van der Waals surface area contributed by atoms with Crippen LogP contribution >= 0.6 is 0 Å². The predicted octanol–water partition coefficient (Wildman–Crippen LogP) is -0.480. The van der Waals surface area contributed by atoms with Gasteiger partial charge in [-0.25, -0.2) is 9.59 Å². The Hall–Kier alpha value is -1.30. The van der Waals surface area contributed by atoms with Crippen LogP contribution in [0.3, 0.4) is 0 Å². The second-order valence-corrected chi connectivity index (χ2v) is 3.26. The Morgan fingerprint density at radius 1 is 1.57 bits per heavy atom. The first-order valence-corrected chi connectivity index (χ1v) is 4.28. The largest absolute Gasteiger partial charge is 0.480 e. The van der Waals surface area contributed by atoms with Crippen LogP contribution < -0.4 is 0 Å². The minimum Gasteiger partial charge on any atom is -0.480 e. The number of rotatable bonds is 2. The quantitative estimate of drug-likeness (QED) is 0.633. The highest BCUT2D eigenvalue weighted by molar-refractivity contribution is 5.80. The predicted molar refractivity (Wildman–Crippen MR) is 45.7 cm³/mol. The smallest absolute Gasteiger partial charge is 0.410 e. The van der Waals surface area contributed by atoms with E-state index in [0.29, 0.717) is 0 Å². The maximum absolute atomic E-state index is 11.1. The maximum Gasteiger partial charge on any atom is 0.410 e. The highest BCUT2D eigenvalue weighted by Gasteiger charge is 2.39. The molecule has 14 heavy (non-hydrogen) atoms. The van der Waals surface area contributed by atoms with Crippen LogP contribution in [-0.2, 0) is 9.53 Å². The normalized spacial score (nSPS) is 26.3. The zero-order valence-corrected chi connectivity index (χ0v) is 7.84. The van der Waals surface area contributed by atoms with Gasteiger partial charge in [-0.1, -0.05) is 0 Å². The Labute approximate surface area is 81.1 Å². The number of methoxy groups -OCH3 is 1. The third kappa shape index (κ3) is 1.95. The van der Waals surface area contributed by atoms with Crippen molar-refractivity contribution in [1.29, 1.82) is 0 Å². The number of aliphatic hydroxyl groups excluding tert-OH is 1. The van der Waals surface area contributed by atoms with E-state index in [9.17, 15) is 9.59 Å². The summed E-state index contributed by atoms with van der Waals surface area (Å²) in [7, 11) is 1.20. The first-order chi connectivity index (χ1) is 6.60. The van der Waals surface area contributed by atoms with Crippen molar-refractivity contribution in [3.8, 4) is 0 Å². The first kappa shape index (κ1) is 10.8. The number of ether oxygens (including phenoxy) is 1. The van der Waals surface area contributed by atoms with E-state index in [1.807, 2.05) is 0 Å². The number of likely N-dealkylation sites (tertiary alicyclic amines) is 1. The molecule has 0 saturated carbocycles. The van der Waals surface area contributed by atoms with Gasteiger partial charge >= 0.3 is 12.1 Å². The molecule has 1 rings (SSSR count). The summed E-state index contributed by atoms with van der Waals surface area (Å²) in [6.07, 6.45) is -0.380. The molecule has 0 aromatic heterocycles.